The molecule has 0 spiro atoms. The lowest BCUT2D eigenvalue weighted by molar-refractivity contribution is 0.0701. The Morgan fingerprint density at radius 1 is 1.43 bits per heavy atom. The number of nitrogens with one attached hydrogen (secondary N) is 1. The fourth-order valence-corrected chi connectivity index (χ4v) is 4.88. The van der Waals surface area contributed by atoms with E-state index in [9.17, 15) is 13.2 Å². The van der Waals surface area contributed by atoms with Crippen molar-refractivity contribution in [3.05, 3.63) is 16.5 Å². The van der Waals surface area contributed by atoms with Crippen molar-refractivity contribution in [1.29, 1.82) is 0 Å². The number of carboxylic acids is 1. The average Bonchev–Trinajstić information content (AvgIpc) is 3.04. The normalized spacial score (nSPS) is 16.4. The molecule has 1 fully saturated rings. The molecule has 2 N–H and O–H groups in total. The number of nitrogens with zero attached hydrogens (tertiary/aromatic N) is 1. The van der Waals surface area contributed by atoms with Gasteiger partial charge in [0.2, 0.25) is 10.0 Å². The number of rotatable bonds is 7. The first kappa shape index (κ1) is 16.4. The zero-order valence-electron chi connectivity index (χ0n) is 12.0. The summed E-state index contributed by atoms with van der Waals surface area (Å²) in [6.45, 7) is 5.06. The van der Waals surface area contributed by atoms with Crippen molar-refractivity contribution < 1.29 is 18.3 Å². The molecular formula is C13H20N2O4S2. The Balaban J connectivity index is 1.89. The number of hydrogen-bond donors (Lipinski definition) is 2. The molecule has 1 aromatic heterocycles. The van der Waals surface area contributed by atoms with Crippen molar-refractivity contribution in [1.82, 2.24) is 9.62 Å². The molecule has 0 aliphatic carbocycles. The SMILES string of the molecule is Cc1cc(S(=O)(=O)NCCCN2CCCC2)sc1C(=O)O. The molecule has 1 aromatic rings. The van der Waals surface area contributed by atoms with Crippen LogP contribution in [-0.2, 0) is 10.0 Å². The molecule has 8 heteroatoms. The summed E-state index contributed by atoms with van der Waals surface area (Å²) in [7, 11) is -3.60. The maximum absolute atomic E-state index is 12.1. The lowest BCUT2D eigenvalue weighted by Gasteiger charge is -2.14. The maximum Gasteiger partial charge on any atom is 0.346 e. The molecule has 1 saturated heterocycles. The van der Waals surface area contributed by atoms with Crippen LogP contribution in [0.1, 0.15) is 34.5 Å². The Morgan fingerprint density at radius 3 is 2.67 bits per heavy atom. The molecule has 0 bridgehead atoms. The molecule has 1 aliphatic rings. The van der Waals surface area contributed by atoms with Gasteiger partial charge in [-0.05, 0) is 57.5 Å². The number of carboxylic acid groups (broad SMARTS) is 1. The number of aromatic carboxylic acids is 1. The molecule has 0 atom stereocenters. The van der Waals surface area contributed by atoms with Crippen molar-refractivity contribution in [2.75, 3.05) is 26.2 Å². The summed E-state index contributed by atoms with van der Waals surface area (Å²) in [5.74, 6) is -1.09. The van der Waals surface area contributed by atoms with E-state index in [1.54, 1.807) is 6.92 Å². The molecule has 6 nitrogen and oxygen atoms in total. The van der Waals surface area contributed by atoms with E-state index < -0.39 is 16.0 Å². The fraction of sp³-hybridized carbons (Fsp3) is 0.615. The number of carbonyl (C=O) groups is 1. The largest absolute Gasteiger partial charge is 0.477 e. The zero-order chi connectivity index (χ0) is 15.5. The Kier molecular flexibility index (Phi) is 5.37. The van der Waals surface area contributed by atoms with Crippen LogP contribution >= 0.6 is 11.3 Å². The second-order valence-corrected chi connectivity index (χ2v) is 8.23. The fourth-order valence-electron chi connectivity index (χ4n) is 2.38. The Morgan fingerprint density at radius 2 is 2.10 bits per heavy atom. The molecule has 0 saturated carbocycles. The van der Waals surface area contributed by atoms with Crippen LogP contribution in [0.15, 0.2) is 10.3 Å². The minimum absolute atomic E-state index is 0.0681. The van der Waals surface area contributed by atoms with Crippen molar-refractivity contribution in [3.8, 4) is 0 Å². The number of hydrogen-bond acceptors (Lipinski definition) is 5. The molecule has 118 valence electrons. The minimum Gasteiger partial charge on any atom is -0.477 e. The predicted molar refractivity (Wildman–Crippen MR) is 81.5 cm³/mol. The van der Waals surface area contributed by atoms with Gasteiger partial charge in [0.25, 0.3) is 0 Å². The van der Waals surface area contributed by atoms with Gasteiger partial charge >= 0.3 is 5.97 Å². The molecule has 0 aromatic carbocycles. The van der Waals surface area contributed by atoms with Crippen LogP contribution in [0.25, 0.3) is 0 Å². The van der Waals surface area contributed by atoms with Crippen molar-refractivity contribution in [2.24, 2.45) is 0 Å². The summed E-state index contributed by atoms with van der Waals surface area (Å²) in [5, 5.41) is 8.97. The van der Waals surface area contributed by atoms with Crippen LogP contribution in [0.2, 0.25) is 0 Å². The highest BCUT2D eigenvalue weighted by Gasteiger charge is 2.21. The first-order chi connectivity index (χ1) is 9.90. The number of aryl methyl sites for hydroxylation is 1. The van der Waals surface area contributed by atoms with Gasteiger partial charge in [0.15, 0.2) is 0 Å². The average molecular weight is 332 g/mol. The van der Waals surface area contributed by atoms with Crippen LogP contribution in [0.3, 0.4) is 0 Å². The van der Waals surface area contributed by atoms with Gasteiger partial charge < -0.3 is 10.0 Å². The van der Waals surface area contributed by atoms with E-state index in [1.165, 1.54) is 18.9 Å². The third kappa shape index (κ3) is 4.26. The second kappa shape index (κ2) is 6.87. The Labute approximate surface area is 128 Å². The molecule has 2 heterocycles. The highest BCUT2D eigenvalue weighted by molar-refractivity contribution is 7.91. The highest BCUT2D eigenvalue weighted by atomic mass is 32.2. The van der Waals surface area contributed by atoms with E-state index in [0.29, 0.717) is 12.1 Å². The predicted octanol–water partition coefficient (Wildman–Crippen LogP) is 1.52. The zero-order valence-corrected chi connectivity index (χ0v) is 13.6. The molecule has 2 rings (SSSR count). The van der Waals surface area contributed by atoms with Crippen LogP contribution in [0, 0.1) is 6.92 Å². The molecular weight excluding hydrogens is 312 g/mol. The van der Waals surface area contributed by atoms with E-state index in [0.717, 1.165) is 37.4 Å². The van der Waals surface area contributed by atoms with Gasteiger partial charge in [-0.1, -0.05) is 0 Å². The molecule has 0 radical (unpaired) electrons. The van der Waals surface area contributed by atoms with E-state index in [-0.39, 0.29) is 9.09 Å². The monoisotopic (exact) mass is 332 g/mol. The third-order valence-electron chi connectivity index (χ3n) is 3.50. The van der Waals surface area contributed by atoms with Crippen LogP contribution < -0.4 is 4.72 Å². The topological polar surface area (TPSA) is 86.7 Å². The third-order valence-corrected chi connectivity index (χ3v) is 6.66. The van der Waals surface area contributed by atoms with Crippen molar-refractivity contribution in [2.45, 2.75) is 30.4 Å². The molecule has 0 amide bonds. The maximum atomic E-state index is 12.1. The molecule has 0 unspecified atom stereocenters. The number of likely N-dealkylation sites (tertiary alicyclic amines) is 1. The van der Waals surface area contributed by atoms with E-state index in [4.69, 9.17) is 5.11 Å². The number of sulfonamides is 1. The summed E-state index contributed by atoms with van der Waals surface area (Å²) in [5.41, 5.74) is 0.477. The van der Waals surface area contributed by atoms with E-state index in [2.05, 4.69) is 9.62 Å². The lowest BCUT2D eigenvalue weighted by Crippen LogP contribution is -2.28. The van der Waals surface area contributed by atoms with Crippen LogP contribution in [0.5, 0.6) is 0 Å². The summed E-state index contributed by atoms with van der Waals surface area (Å²) in [4.78, 5) is 13.4. The quantitative estimate of drug-likeness (QED) is 0.739. The lowest BCUT2D eigenvalue weighted by atomic mass is 10.3. The van der Waals surface area contributed by atoms with Gasteiger partial charge in [-0.2, -0.15) is 0 Å². The summed E-state index contributed by atoms with van der Waals surface area (Å²) in [6.07, 6.45) is 3.20. The van der Waals surface area contributed by atoms with Gasteiger partial charge in [0, 0.05) is 6.54 Å². The standard InChI is InChI=1S/C13H20N2O4S2/c1-10-9-11(20-12(10)13(16)17)21(18,19)14-5-4-8-15-6-2-3-7-15/h9,14H,2-8H2,1H3,(H,16,17). The van der Waals surface area contributed by atoms with Gasteiger partial charge in [-0.15, -0.1) is 11.3 Å². The molecule has 1 aliphatic heterocycles. The van der Waals surface area contributed by atoms with Gasteiger partial charge in [-0.3, -0.25) is 0 Å². The summed E-state index contributed by atoms with van der Waals surface area (Å²) in [6, 6.07) is 1.41. The molecule has 21 heavy (non-hydrogen) atoms. The minimum atomic E-state index is -3.60. The van der Waals surface area contributed by atoms with Crippen LogP contribution in [-0.4, -0.2) is 50.6 Å². The van der Waals surface area contributed by atoms with Gasteiger partial charge in [-0.25, -0.2) is 17.9 Å². The van der Waals surface area contributed by atoms with E-state index >= 15 is 0 Å². The Hall–Kier alpha value is -0.960. The van der Waals surface area contributed by atoms with Crippen LogP contribution in [0.4, 0.5) is 0 Å². The second-order valence-electron chi connectivity index (χ2n) is 5.18. The van der Waals surface area contributed by atoms with Crippen molar-refractivity contribution in [3.63, 3.8) is 0 Å². The van der Waals surface area contributed by atoms with Crippen molar-refractivity contribution >= 4 is 27.3 Å². The highest BCUT2D eigenvalue weighted by Crippen LogP contribution is 2.25. The smallest absolute Gasteiger partial charge is 0.346 e. The van der Waals surface area contributed by atoms with Gasteiger partial charge in [0.1, 0.15) is 9.09 Å². The number of thiophene rings is 1. The van der Waals surface area contributed by atoms with E-state index in [1.807, 2.05) is 0 Å². The first-order valence-electron chi connectivity index (χ1n) is 6.96. The first-order valence-corrected chi connectivity index (χ1v) is 9.26. The summed E-state index contributed by atoms with van der Waals surface area (Å²) >= 11 is 0.797. The van der Waals surface area contributed by atoms with Gasteiger partial charge in [0.05, 0.1) is 0 Å². The Bertz CT molecular complexity index is 604. The summed E-state index contributed by atoms with van der Waals surface area (Å²) < 4.78 is 26.8.